The maximum absolute atomic E-state index is 12.3. The number of ether oxygens (including phenoxy) is 2. The normalized spacial score (nSPS) is 12.5. The fourth-order valence-electron chi connectivity index (χ4n) is 1.35. The van der Waals surface area contributed by atoms with Crippen molar-refractivity contribution in [2.75, 3.05) is 13.2 Å². The van der Waals surface area contributed by atoms with Gasteiger partial charge in [0.05, 0.1) is 16.4 Å². The minimum absolute atomic E-state index is 0.0772. The summed E-state index contributed by atoms with van der Waals surface area (Å²) >= 11 is 0. The minimum Gasteiger partial charge on any atom is -0.475 e. The van der Waals surface area contributed by atoms with Crippen molar-refractivity contribution in [3.05, 3.63) is 28.3 Å². The Bertz CT molecular complexity index is 604. The SMILES string of the molecule is CCOC(=O)COc1ccc(S(=O)C(F)(F)F)cc1[N+](=O)[O-]. The first-order chi connectivity index (χ1) is 10.2. The van der Waals surface area contributed by atoms with Gasteiger partial charge in [-0.2, -0.15) is 13.2 Å². The summed E-state index contributed by atoms with van der Waals surface area (Å²) in [5, 5.41) is 10.8. The molecule has 122 valence electrons. The number of esters is 1. The lowest BCUT2D eigenvalue weighted by atomic mass is 10.3. The Morgan fingerprint density at radius 3 is 2.55 bits per heavy atom. The van der Waals surface area contributed by atoms with Gasteiger partial charge < -0.3 is 9.47 Å². The van der Waals surface area contributed by atoms with Crippen molar-refractivity contribution in [1.29, 1.82) is 0 Å². The zero-order valence-corrected chi connectivity index (χ0v) is 11.9. The monoisotopic (exact) mass is 341 g/mol. The average molecular weight is 341 g/mol. The number of rotatable bonds is 6. The minimum atomic E-state index is -5.04. The summed E-state index contributed by atoms with van der Waals surface area (Å²) in [6.45, 7) is 0.978. The van der Waals surface area contributed by atoms with E-state index in [1.54, 1.807) is 6.92 Å². The van der Waals surface area contributed by atoms with Crippen LogP contribution in [-0.2, 0) is 20.3 Å². The second kappa shape index (κ2) is 7.20. The van der Waals surface area contributed by atoms with Gasteiger partial charge in [-0.15, -0.1) is 0 Å². The molecule has 1 atom stereocenters. The van der Waals surface area contributed by atoms with Crippen LogP contribution in [0.3, 0.4) is 0 Å². The van der Waals surface area contributed by atoms with Gasteiger partial charge in [0, 0.05) is 6.07 Å². The largest absolute Gasteiger partial charge is 0.475 e. The molecule has 0 aliphatic carbocycles. The summed E-state index contributed by atoms with van der Waals surface area (Å²) in [6, 6.07) is 2.11. The van der Waals surface area contributed by atoms with Crippen LogP contribution in [-0.4, -0.2) is 33.8 Å². The van der Waals surface area contributed by atoms with E-state index in [0.29, 0.717) is 6.07 Å². The topological polar surface area (TPSA) is 95.7 Å². The van der Waals surface area contributed by atoms with Crippen molar-refractivity contribution in [1.82, 2.24) is 0 Å². The van der Waals surface area contributed by atoms with E-state index in [2.05, 4.69) is 4.74 Å². The molecule has 0 amide bonds. The van der Waals surface area contributed by atoms with Gasteiger partial charge in [-0.05, 0) is 19.1 Å². The predicted octanol–water partition coefficient (Wildman–Crippen LogP) is 2.16. The summed E-state index contributed by atoms with van der Waals surface area (Å²) in [5.41, 5.74) is -5.87. The van der Waals surface area contributed by atoms with Crippen LogP contribution in [0, 0.1) is 10.1 Å². The second-order valence-electron chi connectivity index (χ2n) is 3.69. The molecular formula is C11H10F3NO6S. The van der Waals surface area contributed by atoms with Gasteiger partial charge in [-0.25, -0.2) is 9.00 Å². The average Bonchev–Trinajstić information content (AvgIpc) is 2.43. The number of hydrogen-bond acceptors (Lipinski definition) is 6. The molecule has 0 spiro atoms. The molecule has 1 aromatic rings. The first-order valence-electron chi connectivity index (χ1n) is 5.72. The summed E-state index contributed by atoms with van der Waals surface area (Å²) in [7, 11) is -3.40. The van der Waals surface area contributed by atoms with Crippen molar-refractivity contribution >= 4 is 22.5 Å². The molecule has 0 aromatic heterocycles. The Hall–Kier alpha value is -2.17. The third kappa shape index (κ3) is 4.69. The number of hydrogen-bond donors (Lipinski definition) is 0. The second-order valence-corrected chi connectivity index (χ2v) is 5.17. The molecule has 1 unspecified atom stereocenters. The van der Waals surface area contributed by atoms with E-state index < -0.39 is 50.1 Å². The molecule has 0 bridgehead atoms. The summed E-state index contributed by atoms with van der Waals surface area (Å²) in [6.07, 6.45) is 0. The van der Waals surface area contributed by atoms with Crippen molar-refractivity contribution in [3.8, 4) is 5.75 Å². The highest BCUT2D eigenvalue weighted by Crippen LogP contribution is 2.33. The van der Waals surface area contributed by atoms with E-state index in [1.807, 2.05) is 0 Å². The smallest absolute Gasteiger partial charge is 0.475 e. The fraction of sp³-hybridized carbons (Fsp3) is 0.364. The third-order valence-corrected chi connectivity index (χ3v) is 3.30. The number of benzene rings is 1. The van der Waals surface area contributed by atoms with Crippen LogP contribution in [0.1, 0.15) is 6.92 Å². The maximum atomic E-state index is 12.3. The van der Waals surface area contributed by atoms with Crippen molar-refractivity contribution < 1.29 is 36.6 Å². The van der Waals surface area contributed by atoms with Gasteiger partial charge in [-0.3, -0.25) is 10.1 Å². The van der Waals surface area contributed by atoms with E-state index in [4.69, 9.17) is 4.74 Å². The molecule has 0 saturated heterocycles. The van der Waals surface area contributed by atoms with Crippen LogP contribution in [0.4, 0.5) is 18.9 Å². The zero-order chi connectivity index (χ0) is 16.9. The van der Waals surface area contributed by atoms with Gasteiger partial charge in [0.15, 0.2) is 23.2 Å². The molecule has 0 aliphatic rings. The van der Waals surface area contributed by atoms with Crippen LogP contribution in [0.25, 0.3) is 0 Å². The Kier molecular flexibility index (Phi) is 5.85. The Labute approximate surface area is 124 Å². The van der Waals surface area contributed by atoms with Crippen molar-refractivity contribution in [2.45, 2.75) is 17.3 Å². The van der Waals surface area contributed by atoms with Crippen LogP contribution < -0.4 is 4.74 Å². The number of nitro benzene ring substituents is 1. The highest BCUT2D eigenvalue weighted by atomic mass is 32.2. The maximum Gasteiger partial charge on any atom is 0.475 e. The molecule has 0 radical (unpaired) electrons. The van der Waals surface area contributed by atoms with E-state index >= 15 is 0 Å². The number of halogens is 3. The molecule has 0 saturated carbocycles. The number of carbonyl (C=O) groups excluding carboxylic acids is 1. The first-order valence-corrected chi connectivity index (χ1v) is 6.87. The van der Waals surface area contributed by atoms with Crippen molar-refractivity contribution in [2.24, 2.45) is 0 Å². The standard InChI is InChI=1S/C11H10F3NO6S/c1-2-20-10(16)6-21-9-4-3-7(5-8(9)15(17)18)22(19)11(12,13)14/h3-5H,2,6H2,1H3. The number of nitrogens with zero attached hydrogens (tertiary/aromatic N) is 1. The molecule has 0 fully saturated rings. The van der Waals surface area contributed by atoms with E-state index in [9.17, 15) is 32.3 Å². The molecule has 0 N–H and O–H groups in total. The number of alkyl halides is 3. The summed E-state index contributed by atoms with van der Waals surface area (Å²) in [5.74, 6) is -1.22. The van der Waals surface area contributed by atoms with Gasteiger partial charge >= 0.3 is 17.2 Å². The quantitative estimate of drug-likeness (QED) is 0.447. The van der Waals surface area contributed by atoms with Crippen LogP contribution in [0.15, 0.2) is 23.1 Å². The molecule has 11 heteroatoms. The van der Waals surface area contributed by atoms with E-state index in [1.165, 1.54) is 0 Å². The molecular weight excluding hydrogens is 331 g/mol. The number of nitro groups is 1. The van der Waals surface area contributed by atoms with Gasteiger partial charge in [0.2, 0.25) is 0 Å². The third-order valence-electron chi connectivity index (χ3n) is 2.20. The zero-order valence-electron chi connectivity index (χ0n) is 11.1. The fourth-order valence-corrected chi connectivity index (χ4v) is 2.03. The summed E-state index contributed by atoms with van der Waals surface area (Å²) < 4.78 is 57.6. The molecule has 0 heterocycles. The molecule has 22 heavy (non-hydrogen) atoms. The lowest BCUT2D eigenvalue weighted by Crippen LogP contribution is -2.17. The molecule has 7 nitrogen and oxygen atoms in total. The predicted molar refractivity (Wildman–Crippen MR) is 67.7 cm³/mol. The van der Waals surface area contributed by atoms with Gasteiger partial charge in [0.1, 0.15) is 0 Å². The lowest BCUT2D eigenvalue weighted by Gasteiger charge is -2.09. The van der Waals surface area contributed by atoms with E-state index in [-0.39, 0.29) is 6.61 Å². The van der Waals surface area contributed by atoms with Crippen LogP contribution in [0.5, 0.6) is 5.75 Å². The molecule has 1 rings (SSSR count). The van der Waals surface area contributed by atoms with Crippen LogP contribution in [0.2, 0.25) is 0 Å². The highest BCUT2D eigenvalue weighted by molar-refractivity contribution is 7.86. The Morgan fingerprint density at radius 1 is 1.41 bits per heavy atom. The summed E-state index contributed by atoms with van der Waals surface area (Å²) in [4.78, 5) is 20.1. The Balaban J connectivity index is 3.03. The molecule has 0 aliphatic heterocycles. The molecule has 1 aromatic carbocycles. The van der Waals surface area contributed by atoms with Crippen LogP contribution >= 0.6 is 0 Å². The highest BCUT2D eigenvalue weighted by Gasteiger charge is 2.39. The first kappa shape index (κ1) is 17.9. The van der Waals surface area contributed by atoms with Crippen molar-refractivity contribution in [3.63, 3.8) is 0 Å². The van der Waals surface area contributed by atoms with Gasteiger partial charge in [0.25, 0.3) is 0 Å². The van der Waals surface area contributed by atoms with Gasteiger partial charge in [-0.1, -0.05) is 0 Å². The Morgan fingerprint density at radius 2 is 2.05 bits per heavy atom. The van der Waals surface area contributed by atoms with E-state index in [0.717, 1.165) is 12.1 Å². The lowest BCUT2D eigenvalue weighted by molar-refractivity contribution is -0.386. The number of carbonyl (C=O) groups is 1.